The van der Waals surface area contributed by atoms with Gasteiger partial charge < -0.3 is 25.0 Å². The van der Waals surface area contributed by atoms with E-state index in [2.05, 4.69) is 5.32 Å². The van der Waals surface area contributed by atoms with Gasteiger partial charge in [0.05, 0.1) is 31.2 Å². The quantitative estimate of drug-likeness (QED) is 0.481. The lowest BCUT2D eigenvalue weighted by Crippen LogP contribution is -2.57. The first kappa shape index (κ1) is 22.6. The second-order valence-corrected chi connectivity index (χ2v) is 8.33. The van der Waals surface area contributed by atoms with E-state index in [4.69, 9.17) is 14.6 Å². The average molecular weight is 399 g/mol. The Bertz CT molecular complexity index is 565. The maximum atomic E-state index is 13.3. The molecule has 2 aliphatic carbocycles. The Hall–Kier alpha value is -1.67. The number of aliphatic carboxylic acids is 2. The third-order valence-electron chi connectivity index (χ3n) is 6.65. The fourth-order valence-electron chi connectivity index (χ4n) is 4.64. The van der Waals surface area contributed by atoms with Crippen LogP contribution >= 0.6 is 0 Å². The van der Waals surface area contributed by atoms with Crippen molar-refractivity contribution < 1.29 is 34.1 Å². The summed E-state index contributed by atoms with van der Waals surface area (Å²) >= 11 is 0. The highest BCUT2D eigenvalue weighted by atomic mass is 16.5. The Kier molecular flexibility index (Phi) is 7.83. The third kappa shape index (κ3) is 4.66. The fraction of sp³-hybridized carbons (Fsp3) is 0.850. The molecule has 0 aromatic rings. The summed E-state index contributed by atoms with van der Waals surface area (Å²) in [5, 5.41) is 22.2. The number of carbonyl (C=O) groups is 3. The molecule has 0 aromatic carbocycles. The van der Waals surface area contributed by atoms with E-state index in [-0.39, 0.29) is 31.1 Å². The van der Waals surface area contributed by atoms with E-state index in [1.54, 1.807) is 14.0 Å². The summed E-state index contributed by atoms with van der Waals surface area (Å²) in [6, 6.07) is -0.104. The minimum atomic E-state index is -1.33. The molecule has 2 fully saturated rings. The average Bonchev–Trinajstić information content (AvgIpc) is 3.17. The molecule has 2 rings (SSSR count). The van der Waals surface area contributed by atoms with Crippen molar-refractivity contribution >= 4 is 17.8 Å². The van der Waals surface area contributed by atoms with Crippen molar-refractivity contribution in [2.75, 3.05) is 26.9 Å². The van der Waals surface area contributed by atoms with Crippen LogP contribution in [0.2, 0.25) is 0 Å². The summed E-state index contributed by atoms with van der Waals surface area (Å²) in [6.45, 7) is 2.19. The van der Waals surface area contributed by atoms with Crippen LogP contribution in [0.1, 0.15) is 58.3 Å². The molecular weight excluding hydrogens is 366 g/mol. The molecule has 2 aliphatic rings. The van der Waals surface area contributed by atoms with E-state index >= 15 is 0 Å². The molecule has 28 heavy (non-hydrogen) atoms. The van der Waals surface area contributed by atoms with Crippen LogP contribution in [0.25, 0.3) is 0 Å². The lowest BCUT2D eigenvalue weighted by molar-refractivity contribution is -0.171. The van der Waals surface area contributed by atoms with E-state index in [1.165, 1.54) is 0 Å². The van der Waals surface area contributed by atoms with E-state index in [1.807, 2.05) is 0 Å². The molecule has 3 N–H and O–H groups in total. The molecule has 160 valence electrons. The van der Waals surface area contributed by atoms with Crippen molar-refractivity contribution in [1.82, 2.24) is 5.32 Å². The van der Waals surface area contributed by atoms with Crippen LogP contribution in [0.5, 0.6) is 0 Å². The van der Waals surface area contributed by atoms with Gasteiger partial charge in [-0.2, -0.15) is 0 Å². The zero-order valence-corrected chi connectivity index (χ0v) is 16.9. The van der Waals surface area contributed by atoms with Crippen LogP contribution in [-0.2, 0) is 23.9 Å². The first-order valence-corrected chi connectivity index (χ1v) is 10.1. The SMILES string of the molecule is COCCOCC(C)(C(=O)O)C1(C(=O)N[C@H]2CC[C@@H](C(=O)O)CC2)CCCC1. The molecule has 0 saturated heterocycles. The van der Waals surface area contributed by atoms with Gasteiger partial charge in [0.15, 0.2) is 0 Å². The van der Waals surface area contributed by atoms with Crippen LogP contribution in [0.3, 0.4) is 0 Å². The second kappa shape index (κ2) is 9.69. The lowest BCUT2D eigenvalue weighted by Gasteiger charge is -2.43. The molecule has 1 atom stereocenters. The molecule has 8 nitrogen and oxygen atoms in total. The fourth-order valence-corrected chi connectivity index (χ4v) is 4.64. The van der Waals surface area contributed by atoms with Crippen LogP contribution in [-0.4, -0.2) is 61.0 Å². The van der Waals surface area contributed by atoms with Gasteiger partial charge in [-0.3, -0.25) is 14.4 Å². The number of methoxy groups -OCH3 is 1. The standard InChI is InChI=1S/C20H33NO7/c1-19(18(25)26,13-28-12-11-27-2)20(9-3-4-10-20)17(24)21-15-7-5-14(6-8-15)16(22)23/h14-15H,3-13H2,1-2H3,(H,21,24)(H,22,23)(H,25,26)/t14-,15+,19?. The number of carboxylic acid groups (broad SMARTS) is 2. The second-order valence-electron chi connectivity index (χ2n) is 8.33. The van der Waals surface area contributed by atoms with Crippen molar-refractivity contribution in [3.63, 3.8) is 0 Å². The molecule has 0 radical (unpaired) electrons. The maximum absolute atomic E-state index is 13.3. The maximum Gasteiger partial charge on any atom is 0.312 e. The Morgan fingerprint density at radius 2 is 1.68 bits per heavy atom. The predicted molar refractivity (Wildman–Crippen MR) is 101 cm³/mol. The molecule has 0 aliphatic heterocycles. The first-order chi connectivity index (χ1) is 13.3. The number of carboxylic acids is 2. The molecule has 1 unspecified atom stereocenters. The van der Waals surface area contributed by atoms with Crippen LogP contribution in [0.4, 0.5) is 0 Å². The lowest BCUT2D eigenvalue weighted by atomic mass is 9.62. The molecule has 0 bridgehead atoms. The van der Waals surface area contributed by atoms with Gasteiger partial charge in [-0.15, -0.1) is 0 Å². The summed E-state index contributed by atoms with van der Waals surface area (Å²) in [5.74, 6) is -2.41. The van der Waals surface area contributed by atoms with Crippen molar-refractivity contribution in [1.29, 1.82) is 0 Å². The van der Waals surface area contributed by atoms with E-state index in [0.717, 1.165) is 12.8 Å². The van der Waals surface area contributed by atoms with Crippen LogP contribution < -0.4 is 5.32 Å². The monoisotopic (exact) mass is 399 g/mol. The minimum Gasteiger partial charge on any atom is -0.481 e. The number of nitrogens with one attached hydrogen (secondary N) is 1. The Morgan fingerprint density at radius 3 is 2.18 bits per heavy atom. The van der Waals surface area contributed by atoms with Crippen molar-refractivity contribution in [2.45, 2.75) is 64.3 Å². The largest absolute Gasteiger partial charge is 0.481 e. The smallest absolute Gasteiger partial charge is 0.312 e. The Balaban J connectivity index is 2.10. The van der Waals surface area contributed by atoms with Gasteiger partial charge in [-0.1, -0.05) is 12.8 Å². The topological polar surface area (TPSA) is 122 Å². The number of ether oxygens (including phenoxy) is 2. The molecule has 2 saturated carbocycles. The normalized spacial score (nSPS) is 26.4. The molecule has 8 heteroatoms. The summed E-state index contributed by atoms with van der Waals surface area (Å²) in [6.07, 6.45) is 4.91. The Labute approximate surface area is 166 Å². The van der Waals surface area contributed by atoms with Crippen molar-refractivity contribution in [3.05, 3.63) is 0 Å². The van der Waals surface area contributed by atoms with E-state index < -0.39 is 22.8 Å². The van der Waals surface area contributed by atoms with Gasteiger partial charge in [0, 0.05) is 13.2 Å². The predicted octanol–water partition coefficient (Wildman–Crippen LogP) is 2.06. The highest BCUT2D eigenvalue weighted by molar-refractivity contribution is 5.91. The van der Waals surface area contributed by atoms with Gasteiger partial charge in [0.2, 0.25) is 5.91 Å². The highest BCUT2D eigenvalue weighted by Gasteiger charge is 2.59. The Morgan fingerprint density at radius 1 is 1.07 bits per heavy atom. The number of hydrogen-bond donors (Lipinski definition) is 3. The molecule has 0 aromatic heterocycles. The van der Waals surface area contributed by atoms with Gasteiger partial charge >= 0.3 is 11.9 Å². The van der Waals surface area contributed by atoms with Crippen LogP contribution in [0.15, 0.2) is 0 Å². The molecule has 0 heterocycles. The number of carbonyl (C=O) groups excluding carboxylic acids is 1. The molecular formula is C20H33NO7. The van der Waals surface area contributed by atoms with Crippen molar-refractivity contribution in [2.24, 2.45) is 16.7 Å². The summed E-state index contributed by atoms with van der Waals surface area (Å²) in [5.41, 5.74) is -2.35. The third-order valence-corrected chi connectivity index (χ3v) is 6.65. The van der Waals surface area contributed by atoms with Gasteiger partial charge in [0.1, 0.15) is 5.41 Å². The number of hydrogen-bond acceptors (Lipinski definition) is 5. The summed E-state index contributed by atoms with van der Waals surface area (Å²) in [4.78, 5) is 36.7. The van der Waals surface area contributed by atoms with E-state index in [0.29, 0.717) is 45.1 Å². The van der Waals surface area contributed by atoms with Gasteiger partial charge in [-0.25, -0.2) is 0 Å². The number of amides is 1. The summed E-state index contributed by atoms with van der Waals surface area (Å²) < 4.78 is 10.5. The zero-order valence-electron chi connectivity index (χ0n) is 16.9. The first-order valence-electron chi connectivity index (χ1n) is 10.1. The van der Waals surface area contributed by atoms with E-state index in [9.17, 15) is 19.5 Å². The highest BCUT2D eigenvalue weighted by Crippen LogP contribution is 2.52. The number of rotatable bonds is 10. The van der Waals surface area contributed by atoms with Gasteiger partial charge in [-0.05, 0) is 45.4 Å². The molecule has 0 spiro atoms. The zero-order chi connectivity index (χ0) is 20.8. The minimum absolute atomic E-state index is 0.0507. The van der Waals surface area contributed by atoms with Crippen LogP contribution in [0, 0.1) is 16.7 Å². The van der Waals surface area contributed by atoms with Gasteiger partial charge in [0.25, 0.3) is 0 Å². The van der Waals surface area contributed by atoms with Crippen molar-refractivity contribution in [3.8, 4) is 0 Å². The summed E-state index contributed by atoms with van der Waals surface area (Å²) in [7, 11) is 1.55. The molecule has 1 amide bonds.